The average Bonchev–Trinajstić information content (AvgIpc) is 3.12. The quantitative estimate of drug-likeness (QED) is 0.339. The second-order valence-electron chi connectivity index (χ2n) is 6.05. The third kappa shape index (κ3) is 2.73. The molecule has 0 aliphatic rings. The number of aromatic amines is 1. The Hall–Kier alpha value is -2.83. The molecule has 0 saturated heterocycles. The molecule has 0 spiro atoms. The highest BCUT2D eigenvalue weighted by Gasteiger charge is 2.17. The van der Waals surface area contributed by atoms with E-state index in [0.717, 1.165) is 33.7 Å². The lowest BCUT2D eigenvalue weighted by Crippen LogP contribution is -2.31. The Morgan fingerprint density at radius 1 is 1.54 bits per heavy atom. The molecule has 0 radical (unpaired) electrons. The summed E-state index contributed by atoms with van der Waals surface area (Å²) in [4.78, 5) is 19.3. The summed E-state index contributed by atoms with van der Waals surface area (Å²) in [6.07, 6.45) is 5.02. The summed E-state index contributed by atoms with van der Waals surface area (Å²) in [5.41, 5.74) is 2.84. The molecule has 0 aliphatic carbocycles. The van der Waals surface area contributed by atoms with Crippen LogP contribution in [0.15, 0.2) is 36.5 Å². The van der Waals surface area contributed by atoms with E-state index in [2.05, 4.69) is 40.1 Å². The molecular weight excluding hydrogens is 304 g/mol. The molecule has 24 heavy (non-hydrogen) atoms. The fraction of sp³-hybridized carbons (Fsp3) is 0.353. The van der Waals surface area contributed by atoms with Crippen LogP contribution in [-0.4, -0.2) is 37.3 Å². The molecule has 7 nitrogen and oxygen atoms in total. The van der Waals surface area contributed by atoms with E-state index in [9.17, 15) is 0 Å². The second-order valence-corrected chi connectivity index (χ2v) is 6.05. The fourth-order valence-corrected chi connectivity index (χ4v) is 2.90. The number of aromatic nitrogens is 4. The number of aryl methyl sites for hydroxylation is 1. The highest BCUT2D eigenvalue weighted by atomic mass is 16.6. The minimum Gasteiger partial charge on any atom is -0.364 e. The van der Waals surface area contributed by atoms with Crippen molar-refractivity contribution in [2.45, 2.75) is 20.4 Å². The SMILES string of the molecule is C=CO/N=C(/C(C)C)N(C)Cc1nc2cnc3[nH]ccc3c2n1C. The van der Waals surface area contributed by atoms with Gasteiger partial charge in [-0.1, -0.05) is 25.6 Å². The van der Waals surface area contributed by atoms with E-state index in [4.69, 9.17) is 9.82 Å². The molecule has 0 saturated carbocycles. The summed E-state index contributed by atoms with van der Waals surface area (Å²) in [6, 6.07) is 2.03. The molecule has 0 bridgehead atoms. The van der Waals surface area contributed by atoms with Crippen LogP contribution in [-0.2, 0) is 18.4 Å². The minimum atomic E-state index is 0.225. The number of nitrogens with one attached hydrogen (secondary N) is 1. The number of oxime groups is 1. The summed E-state index contributed by atoms with van der Waals surface area (Å²) in [7, 11) is 4.01. The van der Waals surface area contributed by atoms with Gasteiger partial charge in [-0.2, -0.15) is 0 Å². The Morgan fingerprint density at radius 3 is 3.04 bits per heavy atom. The Bertz CT molecular complexity index is 904. The Kier molecular flexibility index (Phi) is 4.24. The van der Waals surface area contributed by atoms with E-state index < -0.39 is 0 Å². The number of nitrogens with zero attached hydrogens (tertiary/aromatic N) is 5. The van der Waals surface area contributed by atoms with Gasteiger partial charge in [0.25, 0.3) is 0 Å². The molecule has 0 amide bonds. The second kappa shape index (κ2) is 6.35. The van der Waals surface area contributed by atoms with Crippen molar-refractivity contribution >= 4 is 27.9 Å². The first kappa shape index (κ1) is 16.0. The molecule has 3 aromatic rings. The number of fused-ring (bicyclic) bond motifs is 3. The summed E-state index contributed by atoms with van der Waals surface area (Å²) in [5.74, 6) is 2.00. The van der Waals surface area contributed by atoms with Crippen LogP contribution in [0.4, 0.5) is 0 Å². The van der Waals surface area contributed by atoms with Crippen molar-refractivity contribution in [1.29, 1.82) is 0 Å². The van der Waals surface area contributed by atoms with Crippen molar-refractivity contribution in [1.82, 2.24) is 24.4 Å². The topological polar surface area (TPSA) is 71.3 Å². The standard InChI is InChI=1S/C17H22N6O/c1-6-24-21-17(11(2)3)22(4)10-14-20-13-9-19-16-12(7-8-18-16)15(13)23(14)5/h6-9,11H,1,10H2,2-5H3,(H,18,19)/b21-17-. The summed E-state index contributed by atoms with van der Waals surface area (Å²) in [5, 5.41) is 5.21. The number of hydrogen-bond acceptors (Lipinski definition) is 4. The van der Waals surface area contributed by atoms with Crippen molar-refractivity contribution in [2.24, 2.45) is 18.1 Å². The van der Waals surface area contributed by atoms with Gasteiger partial charge in [0.1, 0.15) is 29.1 Å². The van der Waals surface area contributed by atoms with Gasteiger partial charge < -0.3 is 19.3 Å². The van der Waals surface area contributed by atoms with E-state index >= 15 is 0 Å². The number of hydrogen-bond donors (Lipinski definition) is 1. The predicted molar refractivity (Wildman–Crippen MR) is 95.4 cm³/mol. The monoisotopic (exact) mass is 326 g/mol. The third-order valence-electron chi connectivity index (χ3n) is 4.02. The van der Waals surface area contributed by atoms with Crippen LogP contribution >= 0.6 is 0 Å². The normalized spacial score (nSPS) is 12.3. The molecule has 126 valence electrons. The van der Waals surface area contributed by atoms with Crippen molar-refractivity contribution in [3.8, 4) is 0 Å². The first-order valence-electron chi connectivity index (χ1n) is 7.86. The zero-order valence-corrected chi connectivity index (χ0v) is 14.4. The lowest BCUT2D eigenvalue weighted by atomic mass is 10.2. The van der Waals surface area contributed by atoms with E-state index in [0.29, 0.717) is 6.54 Å². The zero-order valence-electron chi connectivity index (χ0n) is 14.4. The third-order valence-corrected chi connectivity index (χ3v) is 4.02. The van der Waals surface area contributed by atoms with Crippen LogP contribution in [0.1, 0.15) is 19.7 Å². The van der Waals surface area contributed by atoms with Gasteiger partial charge in [-0.15, -0.1) is 0 Å². The molecule has 0 aliphatic heterocycles. The average molecular weight is 326 g/mol. The maximum Gasteiger partial charge on any atom is 0.147 e. The largest absolute Gasteiger partial charge is 0.364 e. The van der Waals surface area contributed by atoms with Crippen LogP contribution in [0.3, 0.4) is 0 Å². The number of H-pyrrole nitrogens is 1. The molecule has 3 heterocycles. The maximum atomic E-state index is 5.02. The predicted octanol–water partition coefficient (Wildman–Crippen LogP) is 3.01. The van der Waals surface area contributed by atoms with Gasteiger partial charge in [0.2, 0.25) is 0 Å². The number of imidazole rings is 1. The van der Waals surface area contributed by atoms with Gasteiger partial charge >= 0.3 is 0 Å². The van der Waals surface area contributed by atoms with Gasteiger partial charge in [0.05, 0.1) is 18.3 Å². The highest BCUT2D eigenvalue weighted by Crippen LogP contribution is 2.23. The molecule has 7 heteroatoms. The highest BCUT2D eigenvalue weighted by molar-refractivity contribution is 6.01. The van der Waals surface area contributed by atoms with Gasteiger partial charge in [-0.25, -0.2) is 9.97 Å². The van der Waals surface area contributed by atoms with Crippen LogP contribution in [0, 0.1) is 5.92 Å². The van der Waals surface area contributed by atoms with Crippen LogP contribution in [0.5, 0.6) is 0 Å². The summed E-state index contributed by atoms with van der Waals surface area (Å²) >= 11 is 0. The number of amidine groups is 1. The van der Waals surface area contributed by atoms with Gasteiger partial charge in [0.15, 0.2) is 0 Å². The van der Waals surface area contributed by atoms with Crippen LogP contribution in [0.2, 0.25) is 0 Å². The molecule has 3 rings (SSSR count). The maximum absolute atomic E-state index is 5.02. The fourth-order valence-electron chi connectivity index (χ4n) is 2.90. The van der Waals surface area contributed by atoms with Gasteiger partial charge in [-0.3, -0.25) is 0 Å². The summed E-state index contributed by atoms with van der Waals surface area (Å²) < 4.78 is 2.11. The Balaban J connectivity index is 1.97. The van der Waals surface area contributed by atoms with E-state index in [-0.39, 0.29) is 5.92 Å². The first-order valence-corrected chi connectivity index (χ1v) is 7.86. The zero-order chi connectivity index (χ0) is 17.3. The molecule has 0 fully saturated rings. The van der Waals surface area contributed by atoms with Crippen LogP contribution in [0.25, 0.3) is 22.1 Å². The molecule has 1 N–H and O–H groups in total. The number of rotatable bonds is 5. The lowest BCUT2D eigenvalue weighted by Gasteiger charge is -2.22. The van der Waals surface area contributed by atoms with Gasteiger partial charge in [0, 0.05) is 31.6 Å². The van der Waals surface area contributed by atoms with Crippen LogP contribution < -0.4 is 0 Å². The smallest absolute Gasteiger partial charge is 0.147 e. The minimum absolute atomic E-state index is 0.225. The van der Waals surface area contributed by atoms with Crippen molar-refractivity contribution in [3.05, 3.63) is 37.1 Å². The Labute approximate surface area is 140 Å². The summed E-state index contributed by atoms with van der Waals surface area (Å²) in [6.45, 7) is 8.29. The lowest BCUT2D eigenvalue weighted by molar-refractivity contribution is 0.255. The van der Waals surface area contributed by atoms with E-state index in [1.54, 1.807) is 6.20 Å². The van der Waals surface area contributed by atoms with E-state index in [1.165, 1.54) is 6.26 Å². The van der Waals surface area contributed by atoms with Gasteiger partial charge in [-0.05, 0) is 6.07 Å². The molecular formula is C17H22N6O. The van der Waals surface area contributed by atoms with E-state index in [1.807, 2.05) is 31.3 Å². The molecule has 0 unspecified atom stereocenters. The molecule has 0 aromatic carbocycles. The molecule has 0 atom stereocenters. The first-order chi connectivity index (χ1) is 11.5. The Morgan fingerprint density at radius 2 is 2.33 bits per heavy atom. The van der Waals surface area contributed by atoms with Crippen molar-refractivity contribution in [2.75, 3.05) is 7.05 Å². The number of pyridine rings is 1. The molecule has 3 aromatic heterocycles. The van der Waals surface area contributed by atoms with Crippen molar-refractivity contribution in [3.63, 3.8) is 0 Å². The van der Waals surface area contributed by atoms with Crippen molar-refractivity contribution < 1.29 is 4.84 Å².